The SMILES string of the molecule is C[C@H](CO)Nc1nc(Nc2ccc(F)c(Cl)c2)cc(-c2ccccc2)n1. The maximum absolute atomic E-state index is 13.4. The number of aromatic nitrogens is 2. The maximum Gasteiger partial charge on any atom is 0.225 e. The monoisotopic (exact) mass is 372 g/mol. The van der Waals surface area contributed by atoms with Crippen LogP contribution in [0, 0.1) is 5.82 Å². The summed E-state index contributed by atoms with van der Waals surface area (Å²) in [5.41, 5.74) is 2.24. The molecule has 1 aromatic heterocycles. The maximum atomic E-state index is 13.4. The van der Waals surface area contributed by atoms with E-state index in [4.69, 9.17) is 11.6 Å². The van der Waals surface area contributed by atoms with Crippen molar-refractivity contribution < 1.29 is 9.50 Å². The molecule has 2 aromatic carbocycles. The van der Waals surface area contributed by atoms with E-state index in [2.05, 4.69) is 20.6 Å². The average Bonchev–Trinajstić information content (AvgIpc) is 2.65. The third kappa shape index (κ3) is 4.47. The second kappa shape index (κ2) is 8.12. The number of rotatable bonds is 6. The van der Waals surface area contributed by atoms with Gasteiger partial charge in [0, 0.05) is 23.4 Å². The van der Waals surface area contributed by atoms with Gasteiger partial charge < -0.3 is 15.7 Å². The van der Waals surface area contributed by atoms with Crippen LogP contribution in [-0.4, -0.2) is 27.7 Å². The van der Waals surface area contributed by atoms with Crippen LogP contribution in [0.3, 0.4) is 0 Å². The first-order valence-electron chi connectivity index (χ1n) is 8.09. The van der Waals surface area contributed by atoms with Crippen molar-refractivity contribution in [2.75, 3.05) is 17.2 Å². The van der Waals surface area contributed by atoms with Gasteiger partial charge in [-0.2, -0.15) is 4.98 Å². The molecule has 1 heterocycles. The van der Waals surface area contributed by atoms with Gasteiger partial charge in [0.15, 0.2) is 0 Å². The van der Waals surface area contributed by atoms with E-state index in [0.29, 0.717) is 23.1 Å². The van der Waals surface area contributed by atoms with Crippen molar-refractivity contribution >= 4 is 29.1 Å². The number of halogens is 2. The highest BCUT2D eigenvalue weighted by atomic mass is 35.5. The highest BCUT2D eigenvalue weighted by Gasteiger charge is 2.10. The summed E-state index contributed by atoms with van der Waals surface area (Å²) in [6.07, 6.45) is 0. The number of benzene rings is 2. The molecule has 0 amide bonds. The number of anilines is 3. The molecule has 26 heavy (non-hydrogen) atoms. The van der Waals surface area contributed by atoms with E-state index in [1.165, 1.54) is 12.1 Å². The Kier molecular flexibility index (Phi) is 5.65. The second-order valence-electron chi connectivity index (χ2n) is 5.81. The second-order valence-corrected chi connectivity index (χ2v) is 6.22. The number of aliphatic hydroxyl groups is 1. The average molecular weight is 373 g/mol. The third-order valence-electron chi connectivity index (χ3n) is 3.64. The van der Waals surface area contributed by atoms with Gasteiger partial charge in [0.05, 0.1) is 17.3 Å². The van der Waals surface area contributed by atoms with Crippen LogP contribution in [0.4, 0.5) is 21.8 Å². The van der Waals surface area contributed by atoms with Crippen molar-refractivity contribution in [1.82, 2.24) is 9.97 Å². The lowest BCUT2D eigenvalue weighted by atomic mass is 10.1. The molecule has 0 aliphatic carbocycles. The summed E-state index contributed by atoms with van der Waals surface area (Å²) < 4.78 is 13.4. The van der Waals surface area contributed by atoms with Crippen molar-refractivity contribution in [1.29, 1.82) is 0 Å². The Labute approximate surface area is 155 Å². The number of aliphatic hydroxyl groups excluding tert-OH is 1. The van der Waals surface area contributed by atoms with E-state index in [9.17, 15) is 9.50 Å². The van der Waals surface area contributed by atoms with Crippen LogP contribution >= 0.6 is 11.6 Å². The quantitative estimate of drug-likeness (QED) is 0.595. The molecule has 3 rings (SSSR count). The Morgan fingerprint density at radius 1 is 1.12 bits per heavy atom. The molecular weight excluding hydrogens is 355 g/mol. The molecule has 0 aliphatic rings. The largest absolute Gasteiger partial charge is 0.394 e. The van der Waals surface area contributed by atoms with E-state index >= 15 is 0 Å². The van der Waals surface area contributed by atoms with Gasteiger partial charge in [0.2, 0.25) is 5.95 Å². The van der Waals surface area contributed by atoms with Crippen LogP contribution in [0.25, 0.3) is 11.3 Å². The van der Waals surface area contributed by atoms with Gasteiger partial charge >= 0.3 is 0 Å². The lowest BCUT2D eigenvalue weighted by Crippen LogP contribution is -2.21. The summed E-state index contributed by atoms with van der Waals surface area (Å²) in [6, 6.07) is 15.6. The van der Waals surface area contributed by atoms with E-state index < -0.39 is 5.82 Å². The Hall–Kier alpha value is -2.70. The molecule has 1 atom stereocenters. The van der Waals surface area contributed by atoms with Gasteiger partial charge in [0.25, 0.3) is 0 Å². The first-order chi connectivity index (χ1) is 12.5. The lowest BCUT2D eigenvalue weighted by Gasteiger charge is -2.14. The molecule has 3 aromatic rings. The number of hydrogen-bond acceptors (Lipinski definition) is 5. The molecule has 3 N–H and O–H groups in total. The van der Waals surface area contributed by atoms with Crippen molar-refractivity contribution in [3.05, 3.63) is 65.4 Å². The summed E-state index contributed by atoms with van der Waals surface area (Å²) >= 11 is 5.84. The highest BCUT2D eigenvalue weighted by molar-refractivity contribution is 6.31. The molecule has 0 fully saturated rings. The highest BCUT2D eigenvalue weighted by Crippen LogP contribution is 2.26. The number of nitrogens with zero attached hydrogens (tertiary/aromatic N) is 2. The molecule has 0 radical (unpaired) electrons. The fraction of sp³-hybridized carbons (Fsp3) is 0.158. The summed E-state index contributed by atoms with van der Waals surface area (Å²) in [5.74, 6) is 0.418. The fourth-order valence-corrected chi connectivity index (χ4v) is 2.50. The van der Waals surface area contributed by atoms with Crippen molar-refractivity contribution in [3.63, 3.8) is 0 Å². The Morgan fingerprint density at radius 2 is 1.88 bits per heavy atom. The minimum Gasteiger partial charge on any atom is -0.394 e. The Morgan fingerprint density at radius 3 is 2.58 bits per heavy atom. The standard InChI is InChI=1S/C19H18ClFN4O/c1-12(11-26)22-19-24-17(13-5-3-2-4-6-13)10-18(25-19)23-14-7-8-16(21)15(20)9-14/h2-10,12,26H,11H2,1H3,(H2,22,23,24,25)/t12-/m1/s1. The minimum absolute atomic E-state index is 0.0274. The molecule has 134 valence electrons. The molecule has 7 heteroatoms. The van der Waals surface area contributed by atoms with E-state index in [0.717, 1.165) is 5.56 Å². The van der Waals surface area contributed by atoms with Crippen molar-refractivity contribution in [2.45, 2.75) is 13.0 Å². The molecule has 0 bridgehead atoms. The van der Waals surface area contributed by atoms with Gasteiger partial charge in [-0.25, -0.2) is 9.37 Å². The normalized spacial score (nSPS) is 11.8. The van der Waals surface area contributed by atoms with Gasteiger partial charge in [0.1, 0.15) is 11.6 Å². The molecular formula is C19H18ClFN4O. The van der Waals surface area contributed by atoms with Crippen LogP contribution in [0.1, 0.15) is 6.92 Å². The minimum atomic E-state index is -0.482. The van der Waals surface area contributed by atoms with Gasteiger partial charge in [-0.15, -0.1) is 0 Å². The Bertz CT molecular complexity index is 892. The summed E-state index contributed by atoms with van der Waals surface area (Å²) in [7, 11) is 0. The molecule has 0 saturated carbocycles. The molecule has 0 unspecified atom stereocenters. The summed E-state index contributed by atoms with van der Waals surface area (Å²) in [4.78, 5) is 8.92. The molecule has 0 aliphatic heterocycles. The zero-order valence-corrected chi connectivity index (χ0v) is 14.8. The van der Waals surface area contributed by atoms with Gasteiger partial charge in [-0.3, -0.25) is 0 Å². The van der Waals surface area contributed by atoms with E-state index in [1.54, 1.807) is 12.1 Å². The van der Waals surface area contributed by atoms with Gasteiger partial charge in [-0.05, 0) is 25.1 Å². The van der Waals surface area contributed by atoms with Crippen molar-refractivity contribution in [2.24, 2.45) is 0 Å². The first-order valence-corrected chi connectivity index (χ1v) is 8.47. The van der Waals surface area contributed by atoms with Crippen LogP contribution in [0.15, 0.2) is 54.6 Å². The predicted molar refractivity (Wildman–Crippen MR) is 102 cm³/mol. The first kappa shape index (κ1) is 18.1. The molecule has 0 saturated heterocycles. The van der Waals surface area contributed by atoms with E-state index in [-0.39, 0.29) is 17.7 Å². The predicted octanol–water partition coefficient (Wildman–Crippen LogP) is 4.47. The Balaban J connectivity index is 1.97. The topological polar surface area (TPSA) is 70.1 Å². The smallest absolute Gasteiger partial charge is 0.225 e. The van der Waals surface area contributed by atoms with Gasteiger partial charge in [-0.1, -0.05) is 41.9 Å². The molecule has 0 spiro atoms. The van der Waals surface area contributed by atoms with Crippen molar-refractivity contribution in [3.8, 4) is 11.3 Å². The summed E-state index contributed by atoms with van der Waals surface area (Å²) in [5, 5.41) is 15.4. The lowest BCUT2D eigenvalue weighted by molar-refractivity contribution is 0.281. The number of hydrogen-bond donors (Lipinski definition) is 3. The zero-order chi connectivity index (χ0) is 18.5. The van der Waals surface area contributed by atoms with Crippen LogP contribution < -0.4 is 10.6 Å². The fourth-order valence-electron chi connectivity index (χ4n) is 2.32. The van der Waals surface area contributed by atoms with Crippen LogP contribution in [0.5, 0.6) is 0 Å². The third-order valence-corrected chi connectivity index (χ3v) is 3.93. The number of nitrogens with one attached hydrogen (secondary N) is 2. The van der Waals surface area contributed by atoms with E-state index in [1.807, 2.05) is 37.3 Å². The summed E-state index contributed by atoms with van der Waals surface area (Å²) in [6.45, 7) is 1.78. The van der Waals surface area contributed by atoms with Crippen LogP contribution in [-0.2, 0) is 0 Å². The zero-order valence-electron chi connectivity index (χ0n) is 14.1. The van der Waals surface area contributed by atoms with Crippen LogP contribution in [0.2, 0.25) is 5.02 Å². The molecule has 5 nitrogen and oxygen atoms in total.